The second-order valence-corrected chi connectivity index (χ2v) is 3.95. The molecule has 0 radical (unpaired) electrons. The smallest absolute Gasteiger partial charge is 0.0869 e. The van der Waals surface area contributed by atoms with E-state index in [9.17, 15) is 0 Å². The first kappa shape index (κ1) is 8.73. The van der Waals surface area contributed by atoms with E-state index in [1.54, 1.807) is 0 Å². The zero-order valence-electron chi connectivity index (χ0n) is 8.77. The minimum absolute atomic E-state index is 0.873. The minimum Gasteiger partial charge on any atom is -0.348 e. The van der Waals surface area contributed by atoms with Crippen LogP contribution in [0.5, 0.6) is 0 Å². The highest BCUT2D eigenvalue weighted by Crippen LogP contribution is 2.19. The highest BCUT2D eigenvalue weighted by Gasteiger charge is 2.20. The van der Waals surface area contributed by atoms with Crippen molar-refractivity contribution in [3.63, 3.8) is 0 Å². The first-order chi connectivity index (χ1) is 7.34. The number of nitrogens with zero attached hydrogens (tertiary/aromatic N) is 3. The number of hydrogen-bond acceptors (Lipinski definition) is 2. The number of hydrogen-bond donors (Lipinski definition) is 1. The summed E-state index contributed by atoms with van der Waals surface area (Å²) in [6.45, 7) is 2.78. The molecule has 3 heterocycles. The van der Waals surface area contributed by atoms with Gasteiger partial charge in [-0.05, 0) is 12.1 Å². The molecule has 0 saturated carbocycles. The third-order valence-electron chi connectivity index (χ3n) is 2.95. The summed E-state index contributed by atoms with van der Waals surface area (Å²) >= 11 is 0. The van der Waals surface area contributed by atoms with Crippen LogP contribution in [-0.2, 0) is 26.7 Å². The van der Waals surface area contributed by atoms with Gasteiger partial charge < -0.3 is 9.88 Å². The van der Waals surface area contributed by atoms with Gasteiger partial charge in [0.1, 0.15) is 0 Å². The molecule has 0 atom stereocenters. The summed E-state index contributed by atoms with van der Waals surface area (Å²) in [6, 6.07) is 4.09. The van der Waals surface area contributed by atoms with Crippen molar-refractivity contribution in [3.8, 4) is 0 Å². The van der Waals surface area contributed by atoms with Crippen molar-refractivity contribution in [2.24, 2.45) is 7.05 Å². The summed E-state index contributed by atoms with van der Waals surface area (Å²) < 4.78 is 4.15. The van der Waals surface area contributed by atoms with E-state index in [-0.39, 0.29) is 0 Å². The molecule has 4 nitrogen and oxygen atoms in total. The van der Waals surface area contributed by atoms with Crippen LogP contribution >= 0.6 is 0 Å². The third kappa shape index (κ3) is 1.37. The highest BCUT2D eigenvalue weighted by atomic mass is 15.3. The van der Waals surface area contributed by atoms with Crippen LogP contribution in [-0.4, -0.2) is 14.3 Å². The van der Waals surface area contributed by atoms with E-state index in [0.717, 1.165) is 19.6 Å². The fraction of sp³-hybridized carbons (Fsp3) is 0.364. The maximum Gasteiger partial charge on any atom is 0.0869 e. The molecule has 1 N–H and O–H groups in total. The average molecular weight is 202 g/mol. The molecule has 15 heavy (non-hydrogen) atoms. The molecular formula is C11H14N4. The molecule has 2 aromatic rings. The van der Waals surface area contributed by atoms with Gasteiger partial charge in [0.05, 0.1) is 17.9 Å². The van der Waals surface area contributed by atoms with Crippen LogP contribution < -0.4 is 5.32 Å². The lowest BCUT2D eigenvalue weighted by atomic mass is 10.2. The van der Waals surface area contributed by atoms with Crippen LogP contribution in [0.2, 0.25) is 0 Å². The maximum absolute atomic E-state index is 4.56. The van der Waals surface area contributed by atoms with Gasteiger partial charge >= 0.3 is 0 Å². The molecule has 2 aromatic heterocycles. The number of aromatic nitrogens is 3. The van der Waals surface area contributed by atoms with Crippen LogP contribution in [0.4, 0.5) is 0 Å². The Hall–Kier alpha value is -1.55. The SMILES string of the molecule is Cn1nc(Cn2cccc2)c2c1CNC2. The van der Waals surface area contributed by atoms with Crippen molar-refractivity contribution in [1.82, 2.24) is 19.7 Å². The quantitative estimate of drug-likeness (QED) is 0.784. The van der Waals surface area contributed by atoms with Crippen LogP contribution in [0.25, 0.3) is 0 Å². The zero-order valence-corrected chi connectivity index (χ0v) is 8.77. The van der Waals surface area contributed by atoms with Gasteiger partial charge in [0.15, 0.2) is 0 Å². The van der Waals surface area contributed by atoms with Crippen LogP contribution in [0.3, 0.4) is 0 Å². The normalized spacial score (nSPS) is 14.5. The fourth-order valence-corrected chi connectivity index (χ4v) is 2.17. The Morgan fingerprint density at radius 1 is 1.33 bits per heavy atom. The molecule has 0 fully saturated rings. The van der Waals surface area contributed by atoms with Gasteiger partial charge in [0.25, 0.3) is 0 Å². The van der Waals surface area contributed by atoms with Gasteiger partial charge in [-0.1, -0.05) is 0 Å². The monoisotopic (exact) mass is 202 g/mol. The van der Waals surface area contributed by atoms with Gasteiger partial charge in [-0.15, -0.1) is 0 Å². The molecule has 1 aliphatic rings. The van der Waals surface area contributed by atoms with Crippen LogP contribution in [0, 0.1) is 0 Å². The van der Waals surface area contributed by atoms with Gasteiger partial charge in [-0.2, -0.15) is 5.10 Å². The topological polar surface area (TPSA) is 34.8 Å². The molecule has 0 aromatic carbocycles. The number of aryl methyl sites for hydroxylation is 1. The Kier molecular flexibility index (Phi) is 1.89. The molecule has 0 unspecified atom stereocenters. The zero-order chi connectivity index (χ0) is 10.3. The van der Waals surface area contributed by atoms with E-state index in [2.05, 4.69) is 27.4 Å². The Bertz CT molecular complexity index is 467. The predicted molar refractivity (Wildman–Crippen MR) is 57.3 cm³/mol. The molecule has 0 aliphatic carbocycles. The van der Waals surface area contributed by atoms with E-state index in [0.29, 0.717) is 0 Å². The van der Waals surface area contributed by atoms with E-state index in [1.807, 2.05) is 23.9 Å². The summed E-state index contributed by atoms with van der Waals surface area (Å²) in [5, 5.41) is 7.92. The molecule has 3 rings (SSSR count). The lowest BCUT2D eigenvalue weighted by Crippen LogP contribution is -2.08. The predicted octanol–water partition coefficient (Wildman–Crippen LogP) is 0.873. The van der Waals surface area contributed by atoms with Crippen LogP contribution in [0.15, 0.2) is 24.5 Å². The summed E-state index contributed by atoms with van der Waals surface area (Å²) in [6.07, 6.45) is 4.15. The van der Waals surface area contributed by atoms with E-state index >= 15 is 0 Å². The van der Waals surface area contributed by atoms with Crippen molar-refractivity contribution < 1.29 is 0 Å². The van der Waals surface area contributed by atoms with Gasteiger partial charge in [0, 0.05) is 38.1 Å². The average Bonchev–Trinajstić information content (AvgIpc) is 2.89. The minimum atomic E-state index is 0.873. The molecule has 0 spiro atoms. The molecule has 0 amide bonds. The fourth-order valence-electron chi connectivity index (χ4n) is 2.17. The number of nitrogens with one attached hydrogen (secondary N) is 1. The van der Waals surface area contributed by atoms with E-state index in [1.165, 1.54) is 17.0 Å². The Balaban J connectivity index is 1.96. The molecule has 4 heteroatoms. The number of fused-ring (bicyclic) bond motifs is 1. The Labute approximate surface area is 88.5 Å². The number of rotatable bonds is 2. The summed E-state index contributed by atoms with van der Waals surface area (Å²) in [7, 11) is 2.02. The van der Waals surface area contributed by atoms with E-state index < -0.39 is 0 Å². The van der Waals surface area contributed by atoms with Crippen molar-refractivity contribution in [3.05, 3.63) is 41.5 Å². The third-order valence-corrected chi connectivity index (χ3v) is 2.95. The first-order valence-corrected chi connectivity index (χ1v) is 5.19. The van der Waals surface area contributed by atoms with Crippen molar-refractivity contribution in [2.45, 2.75) is 19.6 Å². The maximum atomic E-state index is 4.56. The molecule has 1 aliphatic heterocycles. The molecular weight excluding hydrogens is 188 g/mol. The van der Waals surface area contributed by atoms with Gasteiger partial charge in [-0.25, -0.2) is 0 Å². The Morgan fingerprint density at radius 3 is 2.93 bits per heavy atom. The first-order valence-electron chi connectivity index (χ1n) is 5.19. The largest absolute Gasteiger partial charge is 0.348 e. The van der Waals surface area contributed by atoms with Gasteiger partial charge in [-0.3, -0.25) is 4.68 Å². The van der Waals surface area contributed by atoms with Crippen molar-refractivity contribution in [2.75, 3.05) is 0 Å². The lowest BCUT2D eigenvalue weighted by molar-refractivity contribution is 0.642. The highest BCUT2D eigenvalue weighted by molar-refractivity contribution is 5.29. The standard InChI is InChI=1S/C11H14N4/c1-14-11-7-12-6-9(11)10(13-14)8-15-4-2-3-5-15/h2-5,12H,6-8H2,1H3. The molecule has 0 saturated heterocycles. The second-order valence-electron chi connectivity index (χ2n) is 3.95. The summed E-state index contributed by atoms with van der Waals surface area (Å²) in [4.78, 5) is 0. The van der Waals surface area contributed by atoms with Crippen molar-refractivity contribution in [1.29, 1.82) is 0 Å². The lowest BCUT2D eigenvalue weighted by Gasteiger charge is -2.01. The summed E-state index contributed by atoms with van der Waals surface area (Å²) in [5.41, 5.74) is 3.90. The van der Waals surface area contributed by atoms with Crippen molar-refractivity contribution >= 4 is 0 Å². The Morgan fingerprint density at radius 2 is 2.13 bits per heavy atom. The summed E-state index contributed by atoms with van der Waals surface area (Å²) in [5.74, 6) is 0. The van der Waals surface area contributed by atoms with Gasteiger partial charge in [0.2, 0.25) is 0 Å². The van der Waals surface area contributed by atoms with Crippen LogP contribution in [0.1, 0.15) is 17.0 Å². The molecule has 78 valence electrons. The molecule has 0 bridgehead atoms. The second kappa shape index (κ2) is 3.24. The van der Waals surface area contributed by atoms with E-state index in [4.69, 9.17) is 0 Å².